The molecule has 60 heavy (non-hydrogen) atoms. The summed E-state index contributed by atoms with van der Waals surface area (Å²) in [5.74, 6) is -2.44. The van der Waals surface area contributed by atoms with Gasteiger partial charge in [0.15, 0.2) is 12.4 Å². The molecule has 5 aromatic rings. The van der Waals surface area contributed by atoms with Gasteiger partial charge in [0.05, 0.1) is 6.61 Å². The molecular weight excluding hydrogens is 765 g/mol. The summed E-state index contributed by atoms with van der Waals surface area (Å²) in [6.45, 7) is 3.18. The normalized spacial score (nSPS) is 18.5. The summed E-state index contributed by atoms with van der Waals surface area (Å²) >= 11 is 0. The van der Waals surface area contributed by atoms with Crippen molar-refractivity contribution in [3.63, 3.8) is 0 Å². The lowest BCUT2D eigenvalue weighted by molar-refractivity contribution is -0.319. The Bertz CT molecular complexity index is 2120. The second-order valence-corrected chi connectivity index (χ2v) is 14.0. The van der Waals surface area contributed by atoms with Crippen LogP contribution in [0.3, 0.4) is 0 Å². The molecule has 12 nitrogen and oxygen atoms in total. The molecule has 1 saturated heterocycles. The van der Waals surface area contributed by atoms with Gasteiger partial charge in [-0.15, -0.1) is 0 Å². The summed E-state index contributed by atoms with van der Waals surface area (Å²) in [6, 6.07) is 43.1. The van der Waals surface area contributed by atoms with Gasteiger partial charge in [-0.05, 0) is 65.4 Å². The van der Waals surface area contributed by atoms with Crippen molar-refractivity contribution < 1.29 is 47.6 Å². The first-order chi connectivity index (χ1) is 29.3. The molecule has 5 atom stereocenters. The second kappa shape index (κ2) is 22.3. The van der Waals surface area contributed by atoms with Crippen molar-refractivity contribution in [1.29, 1.82) is 0 Å². The van der Waals surface area contributed by atoms with Gasteiger partial charge in [0.2, 0.25) is 0 Å². The molecule has 0 radical (unpaired) electrons. The number of carbonyl (C=O) groups is 4. The van der Waals surface area contributed by atoms with Crippen molar-refractivity contribution in [2.24, 2.45) is 0 Å². The maximum atomic E-state index is 13.5. The number of carbonyl (C=O) groups excluding carboxylic acids is 4. The Morgan fingerprint density at radius 2 is 1.05 bits per heavy atom. The highest BCUT2D eigenvalue weighted by Crippen LogP contribution is 2.31. The van der Waals surface area contributed by atoms with Gasteiger partial charge < -0.3 is 39.1 Å². The van der Waals surface area contributed by atoms with Gasteiger partial charge in [0, 0.05) is 24.3 Å². The SMILES string of the molecule is CCCO[C@H]1[C@H](OC(=O)CNC(=O)c2ccc(-c3ccccc3)cc2)[C@@H](COC(=O)CNC(=O)c2ccc(-c3ccccc3)cc2)OC(OCC)[C@@H]1OCc1ccccc1. The van der Waals surface area contributed by atoms with Crippen molar-refractivity contribution in [1.82, 2.24) is 10.6 Å². The lowest BCUT2D eigenvalue weighted by atomic mass is 9.98. The Balaban J connectivity index is 1.12. The molecule has 2 N–H and O–H groups in total. The van der Waals surface area contributed by atoms with Crippen molar-refractivity contribution in [2.45, 2.75) is 57.6 Å². The molecule has 1 aliphatic rings. The van der Waals surface area contributed by atoms with E-state index in [-0.39, 0.29) is 26.4 Å². The van der Waals surface area contributed by atoms with Gasteiger partial charge in [0.25, 0.3) is 11.8 Å². The zero-order chi connectivity index (χ0) is 42.1. The van der Waals surface area contributed by atoms with E-state index in [1.807, 2.05) is 122 Å². The lowest BCUT2D eigenvalue weighted by Gasteiger charge is -2.45. The van der Waals surface area contributed by atoms with Gasteiger partial charge in [-0.25, -0.2) is 0 Å². The molecule has 312 valence electrons. The summed E-state index contributed by atoms with van der Waals surface area (Å²) in [6.07, 6.45) is -4.38. The van der Waals surface area contributed by atoms with Crippen LogP contribution in [0.5, 0.6) is 0 Å². The van der Waals surface area contributed by atoms with Crippen LogP contribution in [0.4, 0.5) is 0 Å². The Morgan fingerprint density at radius 3 is 1.57 bits per heavy atom. The molecule has 5 aromatic carbocycles. The van der Waals surface area contributed by atoms with Crippen molar-refractivity contribution >= 4 is 23.8 Å². The van der Waals surface area contributed by atoms with Crippen LogP contribution in [0.1, 0.15) is 46.5 Å². The van der Waals surface area contributed by atoms with Crippen LogP contribution in [0.15, 0.2) is 140 Å². The molecule has 1 aliphatic heterocycles. The fourth-order valence-corrected chi connectivity index (χ4v) is 6.66. The third-order valence-corrected chi connectivity index (χ3v) is 9.69. The van der Waals surface area contributed by atoms with Gasteiger partial charge in [-0.1, -0.05) is 122 Å². The van der Waals surface area contributed by atoms with Gasteiger partial charge in [0.1, 0.15) is 38.0 Å². The molecule has 2 amide bonds. The number of esters is 2. The first kappa shape index (κ1) is 43.4. The number of rotatable bonds is 19. The number of nitrogens with one attached hydrogen (secondary N) is 2. The van der Waals surface area contributed by atoms with Crippen LogP contribution in [-0.2, 0) is 44.6 Å². The van der Waals surface area contributed by atoms with Gasteiger partial charge >= 0.3 is 11.9 Å². The lowest BCUT2D eigenvalue weighted by Crippen LogP contribution is -2.62. The fraction of sp³-hybridized carbons (Fsp3) is 0.292. The van der Waals surface area contributed by atoms with E-state index >= 15 is 0 Å². The summed E-state index contributed by atoms with van der Waals surface area (Å²) in [5.41, 5.74) is 5.54. The number of ether oxygens (including phenoxy) is 6. The van der Waals surface area contributed by atoms with Crippen molar-refractivity contribution in [3.05, 3.63) is 156 Å². The maximum Gasteiger partial charge on any atom is 0.325 e. The quantitative estimate of drug-likeness (QED) is 0.0856. The number of benzene rings is 5. The Morgan fingerprint density at radius 1 is 0.550 bits per heavy atom. The molecule has 1 unspecified atom stereocenters. The average molecular weight is 815 g/mol. The van der Waals surface area contributed by atoms with E-state index in [4.69, 9.17) is 28.4 Å². The largest absolute Gasteiger partial charge is 0.461 e. The molecule has 1 fully saturated rings. The monoisotopic (exact) mass is 814 g/mol. The topological polar surface area (TPSA) is 148 Å². The standard InChI is InChI=1S/C48H50N2O10/c1-3-28-56-44-43(60-42(52)30-50-47(54)39-26-22-37(23-27-39)35-18-12-7-13-19-35)40(59-48(55-4-2)45(44)58-31-33-14-8-5-9-15-33)32-57-41(51)29-49-46(53)38-24-20-36(21-25-38)34-16-10-6-11-17-34/h5-27,40,43-45,48H,3-4,28-32H2,1-2H3,(H,49,53)(H,50,54)/t40-,43-,44+,45-,48?/m1/s1. The van der Waals surface area contributed by atoms with E-state index in [1.54, 1.807) is 31.2 Å². The molecule has 6 rings (SSSR count). The molecule has 1 heterocycles. The second-order valence-electron chi connectivity index (χ2n) is 14.0. The van der Waals surface area contributed by atoms with Crippen molar-refractivity contribution in [3.8, 4) is 22.3 Å². The summed E-state index contributed by atoms with van der Waals surface area (Å²) in [4.78, 5) is 52.6. The minimum atomic E-state index is -1.16. The third-order valence-electron chi connectivity index (χ3n) is 9.69. The summed E-state index contributed by atoms with van der Waals surface area (Å²) in [7, 11) is 0. The number of amides is 2. The highest BCUT2D eigenvalue weighted by atomic mass is 16.7. The molecule has 0 aliphatic carbocycles. The van der Waals surface area contributed by atoms with Crippen LogP contribution in [-0.4, -0.2) is 87.4 Å². The van der Waals surface area contributed by atoms with Crippen LogP contribution >= 0.6 is 0 Å². The molecule has 0 bridgehead atoms. The van der Waals surface area contributed by atoms with E-state index in [0.29, 0.717) is 17.5 Å². The Kier molecular flexibility index (Phi) is 16.1. The van der Waals surface area contributed by atoms with Gasteiger partial charge in [-0.2, -0.15) is 0 Å². The van der Waals surface area contributed by atoms with Crippen molar-refractivity contribution in [2.75, 3.05) is 32.9 Å². The van der Waals surface area contributed by atoms with E-state index < -0.39 is 67.5 Å². The first-order valence-corrected chi connectivity index (χ1v) is 20.1. The zero-order valence-corrected chi connectivity index (χ0v) is 33.7. The Labute approximate surface area is 350 Å². The Hall–Kier alpha value is -6.18. The molecule has 0 spiro atoms. The molecule has 0 aromatic heterocycles. The summed E-state index contributed by atoms with van der Waals surface area (Å²) in [5, 5.41) is 5.23. The highest BCUT2D eigenvalue weighted by molar-refractivity contribution is 5.97. The number of hydrogen-bond donors (Lipinski definition) is 2. The minimum Gasteiger partial charge on any atom is -0.461 e. The summed E-state index contributed by atoms with van der Waals surface area (Å²) < 4.78 is 36.6. The predicted octanol–water partition coefficient (Wildman–Crippen LogP) is 6.78. The number of hydrogen-bond acceptors (Lipinski definition) is 10. The predicted molar refractivity (Wildman–Crippen MR) is 225 cm³/mol. The van der Waals surface area contributed by atoms with Crippen LogP contribution in [0.2, 0.25) is 0 Å². The van der Waals surface area contributed by atoms with Crippen LogP contribution < -0.4 is 10.6 Å². The first-order valence-electron chi connectivity index (χ1n) is 20.1. The van der Waals surface area contributed by atoms with E-state index in [9.17, 15) is 19.2 Å². The van der Waals surface area contributed by atoms with E-state index in [1.165, 1.54) is 0 Å². The average Bonchev–Trinajstić information content (AvgIpc) is 3.30. The minimum absolute atomic E-state index is 0.179. The van der Waals surface area contributed by atoms with Crippen LogP contribution in [0.25, 0.3) is 22.3 Å². The smallest absolute Gasteiger partial charge is 0.325 e. The molecule has 12 heteroatoms. The molecular formula is C48H50N2O10. The highest BCUT2D eigenvalue weighted by Gasteiger charge is 2.50. The third kappa shape index (κ3) is 12.2. The zero-order valence-electron chi connectivity index (χ0n) is 33.7. The van der Waals surface area contributed by atoms with Crippen LogP contribution in [0, 0.1) is 0 Å². The fourth-order valence-electron chi connectivity index (χ4n) is 6.66. The van der Waals surface area contributed by atoms with E-state index in [0.717, 1.165) is 27.8 Å². The van der Waals surface area contributed by atoms with E-state index in [2.05, 4.69) is 10.6 Å². The maximum absolute atomic E-state index is 13.5. The van der Waals surface area contributed by atoms with Gasteiger partial charge in [-0.3, -0.25) is 19.2 Å². The molecule has 0 saturated carbocycles.